The molecule has 24 heavy (non-hydrogen) atoms. The lowest BCUT2D eigenvalue weighted by Gasteiger charge is -2.16. The molecule has 0 N–H and O–H groups in total. The Kier molecular flexibility index (Phi) is 3.84. The van der Waals surface area contributed by atoms with Crippen molar-refractivity contribution in [2.24, 2.45) is 16.3 Å². The Balaban J connectivity index is 2.00. The number of amides is 2. The zero-order chi connectivity index (χ0) is 17.4. The average Bonchev–Trinajstić information content (AvgIpc) is 3.07. The van der Waals surface area contributed by atoms with E-state index in [1.54, 1.807) is 31.2 Å². The zero-order valence-electron chi connectivity index (χ0n) is 13.0. The standard InChI is InChI=1S/C15H14N4O5/c1-3-24-15(22)11-10-12(19(16-11)17-23)14(21)18(13(10)20)9-6-4-8(2)5-7-9/h4-7,10,12H,3H2,1-2H3/t10-,12+/m0/s1. The molecular weight excluding hydrogens is 316 g/mol. The Labute approximate surface area is 136 Å². The number of esters is 1. The highest BCUT2D eigenvalue weighted by Crippen LogP contribution is 2.35. The molecule has 0 unspecified atom stereocenters. The minimum absolute atomic E-state index is 0.0770. The number of hydrogen-bond donors (Lipinski definition) is 0. The lowest BCUT2D eigenvalue weighted by Crippen LogP contribution is -2.36. The van der Waals surface area contributed by atoms with Crippen LogP contribution in [0.4, 0.5) is 5.69 Å². The van der Waals surface area contributed by atoms with Gasteiger partial charge < -0.3 is 4.74 Å². The van der Waals surface area contributed by atoms with Gasteiger partial charge in [-0.2, -0.15) is 0 Å². The number of benzene rings is 1. The van der Waals surface area contributed by atoms with E-state index in [1.807, 2.05) is 6.92 Å². The van der Waals surface area contributed by atoms with Crippen LogP contribution in [0.5, 0.6) is 0 Å². The average molecular weight is 330 g/mol. The van der Waals surface area contributed by atoms with Crippen LogP contribution in [-0.2, 0) is 19.1 Å². The highest BCUT2D eigenvalue weighted by Gasteiger charge is 2.59. The molecule has 0 aliphatic carbocycles. The number of ether oxygens (including phenoxy) is 1. The fourth-order valence-electron chi connectivity index (χ4n) is 2.78. The van der Waals surface area contributed by atoms with Crippen molar-refractivity contribution >= 4 is 29.2 Å². The van der Waals surface area contributed by atoms with Gasteiger partial charge in [-0.1, -0.05) is 17.7 Å². The fourth-order valence-corrected chi connectivity index (χ4v) is 2.78. The number of hydrazone groups is 1. The van der Waals surface area contributed by atoms with Crippen molar-refractivity contribution in [2.75, 3.05) is 11.5 Å². The van der Waals surface area contributed by atoms with E-state index in [4.69, 9.17) is 4.74 Å². The van der Waals surface area contributed by atoms with Crippen LogP contribution in [0.3, 0.4) is 0 Å². The largest absolute Gasteiger partial charge is 0.461 e. The summed E-state index contributed by atoms with van der Waals surface area (Å²) in [6, 6.07) is 5.48. The van der Waals surface area contributed by atoms with Crippen molar-refractivity contribution in [1.29, 1.82) is 0 Å². The van der Waals surface area contributed by atoms with E-state index < -0.39 is 29.7 Å². The highest BCUT2D eigenvalue weighted by molar-refractivity contribution is 6.46. The van der Waals surface area contributed by atoms with E-state index in [0.717, 1.165) is 10.5 Å². The van der Waals surface area contributed by atoms with Gasteiger partial charge in [0, 0.05) is 0 Å². The number of fused-ring (bicyclic) bond motifs is 1. The SMILES string of the molecule is CCOC(=O)C1=NN(N=O)[C@H]2C(=O)N(c3ccc(C)cc3)C(=O)[C@@H]12. The van der Waals surface area contributed by atoms with Crippen LogP contribution in [-0.4, -0.2) is 41.3 Å². The van der Waals surface area contributed by atoms with Crippen LogP contribution in [0.25, 0.3) is 0 Å². The number of carbonyl (C=O) groups is 3. The number of anilines is 1. The third kappa shape index (κ3) is 2.25. The van der Waals surface area contributed by atoms with Gasteiger partial charge in [0.15, 0.2) is 11.8 Å². The summed E-state index contributed by atoms with van der Waals surface area (Å²) in [6.45, 7) is 3.55. The van der Waals surface area contributed by atoms with E-state index in [-0.39, 0.29) is 12.3 Å². The molecule has 1 aromatic rings. The molecule has 0 aromatic heterocycles. The van der Waals surface area contributed by atoms with Crippen LogP contribution in [0.15, 0.2) is 34.7 Å². The number of imide groups is 1. The molecule has 124 valence electrons. The first-order valence-electron chi connectivity index (χ1n) is 7.32. The lowest BCUT2D eigenvalue weighted by atomic mass is 9.98. The molecule has 2 atom stereocenters. The number of rotatable bonds is 4. The van der Waals surface area contributed by atoms with Crippen LogP contribution in [0.1, 0.15) is 12.5 Å². The summed E-state index contributed by atoms with van der Waals surface area (Å²) < 4.78 is 4.84. The highest BCUT2D eigenvalue weighted by atomic mass is 16.5. The van der Waals surface area contributed by atoms with E-state index in [2.05, 4.69) is 10.4 Å². The van der Waals surface area contributed by atoms with Gasteiger partial charge in [-0.3, -0.25) is 9.59 Å². The third-order valence-corrected chi connectivity index (χ3v) is 3.89. The molecule has 3 rings (SSSR count). The maximum absolute atomic E-state index is 12.7. The second-order valence-corrected chi connectivity index (χ2v) is 5.38. The summed E-state index contributed by atoms with van der Waals surface area (Å²) in [5.41, 5.74) is 1.04. The summed E-state index contributed by atoms with van der Waals surface area (Å²) in [5, 5.41) is 6.88. The van der Waals surface area contributed by atoms with Gasteiger partial charge in [-0.05, 0) is 26.0 Å². The lowest BCUT2D eigenvalue weighted by molar-refractivity contribution is -0.136. The molecule has 2 heterocycles. The molecule has 0 bridgehead atoms. The van der Waals surface area contributed by atoms with E-state index in [9.17, 15) is 19.3 Å². The van der Waals surface area contributed by atoms with Gasteiger partial charge in [0.05, 0.1) is 17.6 Å². The summed E-state index contributed by atoms with van der Waals surface area (Å²) in [6.07, 6.45) is 0. The van der Waals surface area contributed by atoms with Crippen molar-refractivity contribution in [3.05, 3.63) is 34.7 Å². The quantitative estimate of drug-likeness (QED) is 0.458. The normalized spacial score (nSPS) is 22.5. The topological polar surface area (TPSA) is 109 Å². The predicted octanol–water partition coefficient (Wildman–Crippen LogP) is 0.769. The Morgan fingerprint density at radius 2 is 1.92 bits per heavy atom. The Morgan fingerprint density at radius 3 is 2.50 bits per heavy atom. The van der Waals surface area contributed by atoms with Gasteiger partial charge in [0.25, 0.3) is 5.91 Å². The zero-order valence-corrected chi connectivity index (χ0v) is 13.0. The minimum atomic E-state index is -1.25. The second kappa shape index (κ2) is 5.84. The van der Waals surface area contributed by atoms with Crippen LogP contribution in [0.2, 0.25) is 0 Å². The first kappa shape index (κ1) is 15.8. The van der Waals surface area contributed by atoms with Gasteiger partial charge >= 0.3 is 5.97 Å². The maximum atomic E-state index is 12.7. The summed E-state index contributed by atoms with van der Waals surface area (Å²) >= 11 is 0. The number of nitroso groups, excluding NO2 is 1. The van der Waals surface area contributed by atoms with Crippen LogP contribution in [0, 0.1) is 17.7 Å². The molecule has 9 heteroatoms. The van der Waals surface area contributed by atoms with Gasteiger partial charge in [-0.25, -0.2) is 9.69 Å². The number of nitrogens with zero attached hydrogens (tertiary/aromatic N) is 4. The molecule has 1 fully saturated rings. The van der Waals surface area contributed by atoms with Crippen molar-refractivity contribution in [1.82, 2.24) is 5.12 Å². The fraction of sp³-hybridized carbons (Fsp3) is 0.333. The smallest absolute Gasteiger partial charge is 0.355 e. The molecule has 1 saturated heterocycles. The van der Waals surface area contributed by atoms with Crippen molar-refractivity contribution in [3.8, 4) is 0 Å². The summed E-state index contributed by atoms with van der Waals surface area (Å²) in [7, 11) is 0. The monoisotopic (exact) mass is 330 g/mol. The van der Waals surface area contributed by atoms with Gasteiger partial charge in [0.1, 0.15) is 5.92 Å². The van der Waals surface area contributed by atoms with Crippen molar-refractivity contribution in [3.63, 3.8) is 0 Å². The Bertz CT molecular complexity index is 758. The number of hydrogen-bond acceptors (Lipinski definition) is 7. The molecule has 2 aliphatic rings. The van der Waals surface area contributed by atoms with E-state index in [0.29, 0.717) is 10.8 Å². The Hall–Kier alpha value is -3.10. The molecule has 2 aliphatic heterocycles. The van der Waals surface area contributed by atoms with Crippen LogP contribution < -0.4 is 4.90 Å². The molecule has 0 saturated carbocycles. The number of aryl methyl sites for hydroxylation is 1. The minimum Gasteiger partial charge on any atom is -0.461 e. The summed E-state index contributed by atoms with van der Waals surface area (Å²) in [4.78, 5) is 49.2. The van der Waals surface area contributed by atoms with Crippen molar-refractivity contribution < 1.29 is 19.1 Å². The first-order chi connectivity index (χ1) is 11.5. The third-order valence-electron chi connectivity index (χ3n) is 3.89. The van der Waals surface area contributed by atoms with E-state index in [1.165, 1.54) is 0 Å². The molecule has 2 amide bonds. The maximum Gasteiger partial charge on any atom is 0.355 e. The van der Waals surface area contributed by atoms with Crippen molar-refractivity contribution in [2.45, 2.75) is 19.9 Å². The second-order valence-electron chi connectivity index (χ2n) is 5.38. The predicted molar refractivity (Wildman–Crippen MR) is 82.7 cm³/mol. The molecule has 0 radical (unpaired) electrons. The van der Waals surface area contributed by atoms with E-state index >= 15 is 0 Å². The summed E-state index contributed by atoms with van der Waals surface area (Å²) in [5.74, 6) is -3.33. The van der Waals surface area contributed by atoms with Crippen LogP contribution >= 0.6 is 0 Å². The molecule has 1 aromatic carbocycles. The molecular formula is C15H14N4O5. The molecule has 0 spiro atoms. The van der Waals surface area contributed by atoms with Gasteiger partial charge in [-0.15, -0.1) is 15.1 Å². The molecule has 9 nitrogen and oxygen atoms in total. The first-order valence-corrected chi connectivity index (χ1v) is 7.32. The van der Waals surface area contributed by atoms with Gasteiger partial charge in [0.2, 0.25) is 5.91 Å². The number of carbonyl (C=O) groups excluding carboxylic acids is 3. The Morgan fingerprint density at radius 1 is 1.25 bits per heavy atom.